The first-order valence-corrected chi connectivity index (χ1v) is 8.81. The number of hydrogen-bond donors (Lipinski definition) is 4. The predicted octanol–water partition coefficient (Wildman–Crippen LogP) is 3.12. The highest BCUT2D eigenvalue weighted by Gasteiger charge is 2.24. The van der Waals surface area contributed by atoms with Gasteiger partial charge in [-0.1, -0.05) is 11.6 Å². The van der Waals surface area contributed by atoms with Crippen LogP contribution in [0.3, 0.4) is 0 Å². The molecule has 0 radical (unpaired) electrons. The summed E-state index contributed by atoms with van der Waals surface area (Å²) in [5, 5.41) is 19.5. The lowest BCUT2D eigenvalue weighted by atomic mass is 10.1. The fraction of sp³-hybridized carbons (Fsp3) is 0.188. The number of amides is 1. The van der Waals surface area contributed by atoms with Crippen molar-refractivity contribution in [3.05, 3.63) is 55.9 Å². The fourth-order valence-corrected chi connectivity index (χ4v) is 2.59. The van der Waals surface area contributed by atoms with Crippen LogP contribution in [0.2, 0.25) is 5.02 Å². The van der Waals surface area contributed by atoms with Gasteiger partial charge in [-0.3, -0.25) is 9.63 Å². The maximum atomic E-state index is 14.4. The summed E-state index contributed by atoms with van der Waals surface area (Å²) >= 11 is 7.46. The Bertz CT molecular complexity index is 853. The summed E-state index contributed by atoms with van der Waals surface area (Å²) in [6.45, 7) is -1.21. The minimum Gasteiger partial charge on any atom is -0.393 e. The first kappa shape index (κ1) is 21.7. The van der Waals surface area contributed by atoms with Gasteiger partial charge in [-0.05, 0) is 46.9 Å². The highest BCUT2D eigenvalue weighted by atomic mass is 127. The third kappa shape index (κ3) is 5.23. The molecule has 0 atom stereocenters. The number of aliphatic hydroxyl groups is 2. The minimum atomic E-state index is -1.49. The van der Waals surface area contributed by atoms with E-state index in [2.05, 4.69) is 5.32 Å². The van der Waals surface area contributed by atoms with E-state index in [9.17, 15) is 18.0 Å². The number of carbonyl (C=O) groups excluding carboxylic acids is 1. The molecule has 0 aliphatic heterocycles. The Morgan fingerprint density at radius 2 is 1.85 bits per heavy atom. The lowest BCUT2D eigenvalue weighted by Crippen LogP contribution is -2.34. The van der Waals surface area contributed by atoms with Crippen molar-refractivity contribution in [1.29, 1.82) is 0 Å². The normalized spacial score (nSPS) is 11.0. The summed E-state index contributed by atoms with van der Waals surface area (Å²) in [4.78, 5) is 17.0. The molecule has 0 aromatic heterocycles. The van der Waals surface area contributed by atoms with Gasteiger partial charge in [0, 0.05) is 3.57 Å². The molecule has 11 heteroatoms. The summed E-state index contributed by atoms with van der Waals surface area (Å²) < 4.78 is 42.8. The largest absolute Gasteiger partial charge is 0.393 e. The molecule has 2 aromatic rings. The van der Waals surface area contributed by atoms with Crippen molar-refractivity contribution in [3.8, 4) is 0 Å². The molecule has 27 heavy (non-hydrogen) atoms. The Labute approximate surface area is 170 Å². The van der Waals surface area contributed by atoms with Crippen LogP contribution < -0.4 is 10.8 Å². The number of hydrogen-bond acceptors (Lipinski definition) is 5. The molecule has 0 heterocycles. The van der Waals surface area contributed by atoms with Gasteiger partial charge in [0.25, 0.3) is 5.91 Å². The molecule has 146 valence electrons. The molecule has 0 bridgehead atoms. The zero-order valence-corrected chi connectivity index (χ0v) is 16.3. The van der Waals surface area contributed by atoms with E-state index in [1.807, 2.05) is 28.1 Å². The Morgan fingerprint density at radius 1 is 1.19 bits per heavy atom. The van der Waals surface area contributed by atoms with Gasteiger partial charge in [0.15, 0.2) is 11.6 Å². The average molecular weight is 517 g/mol. The van der Waals surface area contributed by atoms with Crippen LogP contribution in [-0.2, 0) is 4.84 Å². The van der Waals surface area contributed by atoms with Crippen LogP contribution >= 0.6 is 34.2 Å². The van der Waals surface area contributed by atoms with Crippen molar-refractivity contribution >= 4 is 51.5 Å². The maximum Gasteiger partial charge on any atom is 0.277 e. The molecule has 6 nitrogen and oxygen atoms in total. The van der Waals surface area contributed by atoms with E-state index in [1.165, 1.54) is 12.1 Å². The summed E-state index contributed by atoms with van der Waals surface area (Å²) in [5.74, 6) is -4.73. The quantitative estimate of drug-likeness (QED) is 0.258. The van der Waals surface area contributed by atoms with Gasteiger partial charge in [0.05, 0.1) is 35.2 Å². The van der Waals surface area contributed by atoms with Crippen molar-refractivity contribution in [1.82, 2.24) is 5.48 Å². The van der Waals surface area contributed by atoms with E-state index >= 15 is 0 Å². The van der Waals surface area contributed by atoms with Gasteiger partial charge >= 0.3 is 0 Å². The molecule has 2 rings (SSSR count). The van der Waals surface area contributed by atoms with Gasteiger partial charge in [0.2, 0.25) is 0 Å². The molecular formula is C16H13ClF3IN2O4. The molecule has 1 amide bonds. The van der Waals surface area contributed by atoms with E-state index in [1.54, 1.807) is 0 Å². The van der Waals surface area contributed by atoms with Crippen molar-refractivity contribution < 1.29 is 33.0 Å². The topological polar surface area (TPSA) is 90.8 Å². The number of hydroxylamine groups is 1. The van der Waals surface area contributed by atoms with Gasteiger partial charge in [0.1, 0.15) is 11.9 Å². The number of anilines is 2. The Hall–Kier alpha value is -1.60. The first-order chi connectivity index (χ1) is 12.8. The second-order valence-corrected chi connectivity index (χ2v) is 6.85. The van der Waals surface area contributed by atoms with E-state index in [4.69, 9.17) is 26.7 Å². The van der Waals surface area contributed by atoms with Crippen molar-refractivity contribution in [2.75, 3.05) is 18.5 Å². The van der Waals surface area contributed by atoms with E-state index < -0.39 is 59.0 Å². The molecule has 0 unspecified atom stereocenters. The molecule has 4 N–H and O–H groups in total. The molecule has 2 aromatic carbocycles. The van der Waals surface area contributed by atoms with E-state index in [-0.39, 0.29) is 5.69 Å². The minimum absolute atomic E-state index is 0.199. The van der Waals surface area contributed by atoms with Crippen LogP contribution in [0.1, 0.15) is 10.4 Å². The Kier molecular flexibility index (Phi) is 7.68. The van der Waals surface area contributed by atoms with Crippen molar-refractivity contribution in [2.24, 2.45) is 0 Å². The van der Waals surface area contributed by atoms with Gasteiger partial charge in [-0.25, -0.2) is 18.7 Å². The highest BCUT2D eigenvalue weighted by molar-refractivity contribution is 14.1. The van der Waals surface area contributed by atoms with Crippen LogP contribution in [0, 0.1) is 21.0 Å². The third-order valence-electron chi connectivity index (χ3n) is 3.32. The number of rotatable bonds is 7. The average Bonchev–Trinajstić information content (AvgIpc) is 2.64. The van der Waals surface area contributed by atoms with E-state index in [0.29, 0.717) is 3.57 Å². The van der Waals surface area contributed by atoms with Crippen molar-refractivity contribution in [2.45, 2.75) is 6.10 Å². The lowest BCUT2D eigenvalue weighted by Gasteiger charge is -2.17. The SMILES string of the molecule is O=C(NOC(CO)CO)c1cc(Cl)c(F)c(F)c1Nc1ccc(I)cc1F. The molecule has 0 spiro atoms. The van der Waals surface area contributed by atoms with Crippen LogP contribution in [0.5, 0.6) is 0 Å². The predicted molar refractivity (Wildman–Crippen MR) is 100 cm³/mol. The van der Waals surface area contributed by atoms with E-state index in [0.717, 1.165) is 12.1 Å². The molecule has 0 saturated carbocycles. The monoisotopic (exact) mass is 516 g/mol. The number of benzene rings is 2. The second kappa shape index (κ2) is 9.55. The number of halogens is 5. The number of aliphatic hydroxyl groups excluding tert-OH is 2. The molecule has 0 saturated heterocycles. The molecule has 0 aliphatic carbocycles. The van der Waals surface area contributed by atoms with Crippen LogP contribution in [0.15, 0.2) is 24.3 Å². The van der Waals surface area contributed by atoms with Crippen molar-refractivity contribution in [3.63, 3.8) is 0 Å². The Morgan fingerprint density at radius 3 is 2.44 bits per heavy atom. The highest BCUT2D eigenvalue weighted by Crippen LogP contribution is 2.32. The number of nitrogens with one attached hydrogen (secondary N) is 2. The Balaban J connectivity index is 2.40. The summed E-state index contributed by atoms with van der Waals surface area (Å²) in [7, 11) is 0. The summed E-state index contributed by atoms with van der Waals surface area (Å²) in [6, 6.07) is 4.79. The maximum absolute atomic E-state index is 14.4. The number of carbonyl (C=O) groups is 1. The molecule has 0 fully saturated rings. The zero-order valence-electron chi connectivity index (χ0n) is 13.4. The standard InChI is InChI=1S/C16H13ClF3IN2O4/c17-10-4-9(16(26)23-27-8(5-24)6-25)15(14(20)13(10)19)22-12-2-1-7(21)3-11(12)18/h1-4,8,22,24-25H,5-6H2,(H,23,26). The van der Waals surface area contributed by atoms with Crippen LogP contribution in [0.4, 0.5) is 24.5 Å². The van der Waals surface area contributed by atoms with Gasteiger partial charge < -0.3 is 15.5 Å². The molecular weight excluding hydrogens is 504 g/mol. The molecule has 0 aliphatic rings. The van der Waals surface area contributed by atoms with Gasteiger partial charge in [-0.15, -0.1) is 0 Å². The second-order valence-electron chi connectivity index (χ2n) is 5.19. The smallest absolute Gasteiger partial charge is 0.277 e. The summed E-state index contributed by atoms with van der Waals surface area (Å²) in [6.07, 6.45) is -1.13. The summed E-state index contributed by atoms with van der Waals surface area (Å²) in [5.41, 5.74) is 0.539. The van der Waals surface area contributed by atoms with Crippen LogP contribution in [-0.4, -0.2) is 35.4 Å². The fourth-order valence-electron chi connectivity index (χ4n) is 1.95. The first-order valence-electron chi connectivity index (χ1n) is 7.35. The lowest BCUT2D eigenvalue weighted by molar-refractivity contribution is -0.0618. The zero-order chi connectivity index (χ0) is 20.1. The van der Waals surface area contributed by atoms with Gasteiger partial charge in [-0.2, -0.15) is 0 Å². The van der Waals surface area contributed by atoms with Crippen LogP contribution in [0.25, 0.3) is 0 Å². The third-order valence-corrected chi connectivity index (χ3v) is 4.27.